The molecule has 0 N–H and O–H groups in total. The first kappa shape index (κ1) is 34.2. The van der Waals surface area contributed by atoms with Gasteiger partial charge in [0.05, 0.1) is 69.6 Å². The Bertz CT molecular complexity index is 3020. The van der Waals surface area contributed by atoms with E-state index in [1.165, 1.54) is 0 Å². The molecule has 0 spiro atoms. The summed E-state index contributed by atoms with van der Waals surface area (Å²) in [5.74, 6) is 0.468. The van der Waals surface area contributed by atoms with Crippen LogP contribution in [0.1, 0.15) is 16.7 Å². The molecule has 0 atom stereocenters. The highest BCUT2D eigenvalue weighted by atomic mass is 15.0. The quantitative estimate of drug-likeness (QED) is 0.159. The van der Waals surface area contributed by atoms with E-state index in [0.29, 0.717) is 61.7 Å². The van der Waals surface area contributed by atoms with E-state index >= 15 is 0 Å². The highest BCUT2D eigenvalue weighted by Gasteiger charge is 2.25. The Balaban J connectivity index is 1.47. The Labute approximate surface area is 328 Å². The Morgan fingerprint density at radius 2 is 0.982 bits per heavy atom. The zero-order valence-corrected chi connectivity index (χ0v) is 30.2. The van der Waals surface area contributed by atoms with Crippen molar-refractivity contribution in [3.8, 4) is 80.1 Å². The lowest BCUT2D eigenvalue weighted by Crippen LogP contribution is -2.04. The van der Waals surface area contributed by atoms with E-state index < -0.39 is 0 Å². The highest BCUT2D eigenvalue weighted by Crippen LogP contribution is 2.45. The van der Waals surface area contributed by atoms with Gasteiger partial charge in [-0.3, -0.25) is 0 Å². The van der Waals surface area contributed by atoms with Gasteiger partial charge in [0, 0.05) is 44.3 Å². The summed E-state index contributed by atoms with van der Waals surface area (Å²) in [6, 6.07) is 59.1. The smallest absolute Gasteiger partial charge is 0.188 e. The summed E-state index contributed by atoms with van der Waals surface area (Å²) in [4.78, 5) is 14.1. The zero-order valence-electron chi connectivity index (χ0n) is 30.2. The topological polar surface area (TPSA) is 106 Å². The molecule has 9 aromatic rings. The molecule has 0 aliphatic rings. The molecular weight excluding hydrogens is 699 g/mol. The summed E-state index contributed by atoms with van der Waals surface area (Å²) < 4.78 is 2.12. The molecule has 0 radical (unpaired) electrons. The van der Waals surface area contributed by atoms with Crippen molar-refractivity contribution in [3.63, 3.8) is 0 Å². The zero-order chi connectivity index (χ0) is 38.9. The summed E-state index contributed by atoms with van der Waals surface area (Å²) in [7, 11) is 0. The maximum absolute atomic E-state index is 10.6. The number of fused-ring (bicyclic) bond motifs is 3. The van der Waals surface area contributed by atoms with Crippen molar-refractivity contribution in [3.05, 3.63) is 192 Å². The molecule has 57 heavy (non-hydrogen) atoms. The SMILES string of the molecule is [C-]#[N+]c1ccc2c(c1)c1cc(C#N)ccc1n2-c1c(-c2ccccc2C#N)cc(-c2nc(-c3ccccc3)cc(-c3ccccc3)n2)cc1-c1ccccc1C#N. The molecular formula is C50H27N7. The highest BCUT2D eigenvalue weighted by molar-refractivity contribution is 6.12. The number of benzene rings is 7. The third-order valence-corrected chi connectivity index (χ3v) is 10.1. The van der Waals surface area contributed by atoms with E-state index in [2.05, 4.69) is 27.6 Å². The summed E-state index contributed by atoms with van der Waals surface area (Å²) >= 11 is 0. The summed E-state index contributed by atoms with van der Waals surface area (Å²) in [5, 5.41) is 32.6. The van der Waals surface area contributed by atoms with Gasteiger partial charge in [-0.1, -0.05) is 103 Å². The summed E-state index contributed by atoms with van der Waals surface area (Å²) in [5.41, 5.74) is 11.0. The van der Waals surface area contributed by atoms with Crippen LogP contribution < -0.4 is 0 Å². The fraction of sp³-hybridized carbons (Fsp3) is 0. The van der Waals surface area contributed by atoms with Gasteiger partial charge in [-0.25, -0.2) is 14.8 Å². The van der Waals surface area contributed by atoms with Crippen molar-refractivity contribution >= 4 is 27.5 Å². The van der Waals surface area contributed by atoms with Crippen molar-refractivity contribution in [2.75, 3.05) is 0 Å². The molecule has 7 heteroatoms. The van der Waals surface area contributed by atoms with Crippen LogP contribution in [0.3, 0.4) is 0 Å². The van der Waals surface area contributed by atoms with Crippen molar-refractivity contribution in [2.45, 2.75) is 0 Å². The van der Waals surface area contributed by atoms with Crippen molar-refractivity contribution in [1.82, 2.24) is 14.5 Å². The van der Waals surface area contributed by atoms with Gasteiger partial charge in [0.2, 0.25) is 0 Å². The van der Waals surface area contributed by atoms with Gasteiger partial charge in [0.1, 0.15) is 0 Å². The molecule has 7 nitrogen and oxygen atoms in total. The molecule has 0 aliphatic heterocycles. The third kappa shape index (κ3) is 6.01. The first-order valence-corrected chi connectivity index (χ1v) is 18.1. The number of nitriles is 3. The van der Waals surface area contributed by atoms with Gasteiger partial charge in [0.15, 0.2) is 11.5 Å². The minimum Gasteiger partial charge on any atom is -0.308 e. The van der Waals surface area contributed by atoms with Crippen LogP contribution in [0.25, 0.3) is 88.5 Å². The second kappa shape index (κ2) is 14.3. The average Bonchev–Trinajstić information content (AvgIpc) is 3.61. The van der Waals surface area contributed by atoms with E-state index in [1.54, 1.807) is 24.3 Å². The van der Waals surface area contributed by atoms with Crippen LogP contribution >= 0.6 is 0 Å². The molecule has 0 fully saturated rings. The van der Waals surface area contributed by atoms with Gasteiger partial charge in [-0.05, 0) is 66.0 Å². The number of nitrogens with zero attached hydrogens (tertiary/aromatic N) is 7. The fourth-order valence-corrected chi connectivity index (χ4v) is 7.53. The molecule has 2 heterocycles. The molecule has 0 aliphatic carbocycles. The van der Waals surface area contributed by atoms with Gasteiger partial charge >= 0.3 is 0 Å². The van der Waals surface area contributed by atoms with E-state index in [0.717, 1.165) is 44.3 Å². The van der Waals surface area contributed by atoms with Crippen LogP contribution in [0.15, 0.2) is 164 Å². The van der Waals surface area contributed by atoms with Gasteiger partial charge < -0.3 is 4.57 Å². The normalized spacial score (nSPS) is 10.7. The average molecular weight is 726 g/mol. The van der Waals surface area contributed by atoms with Crippen LogP contribution in [-0.4, -0.2) is 14.5 Å². The maximum atomic E-state index is 10.6. The Kier molecular flexibility index (Phi) is 8.58. The molecule has 9 rings (SSSR count). The lowest BCUT2D eigenvalue weighted by atomic mass is 9.89. The number of hydrogen-bond donors (Lipinski definition) is 0. The van der Waals surface area contributed by atoms with Crippen molar-refractivity contribution in [2.24, 2.45) is 0 Å². The van der Waals surface area contributed by atoms with Gasteiger partial charge in [0.25, 0.3) is 0 Å². The number of hydrogen-bond acceptors (Lipinski definition) is 5. The van der Waals surface area contributed by atoms with Crippen LogP contribution in [0.5, 0.6) is 0 Å². The van der Waals surface area contributed by atoms with Gasteiger partial charge in [-0.2, -0.15) is 15.8 Å². The first-order valence-electron chi connectivity index (χ1n) is 18.1. The maximum Gasteiger partial charge on any atom is 0.188 e. The second-order valence-electron chi connectivity index (χ2n) is 13.4. The van der Waals surface area contributed by atoms with Crippen molar-refractivity contribution < 1.29 is 0 Å². The molecule has 2 aromatic heterocycles. The van der Waals surface area contributed by atoms with E-state index in [9.17, 15) is 15.8 Å². The standard InChI is InChI=1S/C50H27N7/c1-54-38-21-23-48-42(27-38)41-24-32(29-51)20-22-47(41)57(48)49-43(39-18-10-8-16-35(39)30-52)25-37(26-44(49)40-19-11-9-17-36(40)31-53)50-55-45(33-12-4-2-5-13-33)28-46(56-50)34-14-6-3-7-15-34/h2-28H. The molecule has 0 bridgehead atoms. The van der Waals surface area contributed by atoms with E-state index in [-0.39, 0.29) is 0 Å². The number of aromatic nitrogens is 3. The van der Waals surface area contributed by atoms with Crippen LogP contribution in [0, 0.1) is 40.6 Å². The van der Waals surface area contributed by atoms with Crippen LogP contribution in [0.2, 0.25) is 0 Å². The molecule has 262 valence electrons. The van der Waals surface area contributed by atoms with Crippen LogP contribution in [0.4, 0.5) is 5.69 Å². The Hall–Kier alpha value is -8.62. The lowest BCUT2D eigenvalue weighted by molar-refractivity contribution is 1.16. The predicted molar refractivity (Wildman–Crippen MR) is 224 cm³/mol. The molecule has 0 amide bonds. The molecule has 0 unspecified atom stereocenters. The second-order valence-corrected chi connectivity index (χ2v) is 13.4. The van der Waals surface area contributed by atoms with Crippen molar-refractivity contribution in [1.29, 1.82) is 15.8 Å². The molecule has 0 saturated carbocycles. The Morgan fingerprint density at radius 1 is 0.474 bits per heavy atom. The lowest BCUT2D eigenvalue weighted by Gasteiger charge is -2.22. The summed E-state index contributed by atoms with van der Waals surface area (Å²) in [6.45, 7) is 7.80. The summed E-state index contributed by atoms with van der Waals surface area (Å²) in [6.07, 6.45) is 0. The van der Waals surface area contributed by atoms with Gasteiger partial charge in [-0.15, -0.1) is 0 Å². The van der Waals surface area contributed by atoms with Crippen LogP contribution in [-0.2, 0) is 0 Å². The minimum atomic E-state index is 0.460. The predicted octanol–water partition coefficient (Wildman–Crippen LogP) is 12.1. The third-order valence-electron chi connectivity index (χ3n) is 10.1. The minimum absolute atomic E-state index is 0.460. The van der Waals surface area contributed by atoms with E-state index in [4.69, 9.17) is 16.5 Å². The monoisotopic (exact) mass is 725 g/mol. The number of rotatable bonds is 6. The first-order chi connectivity index (χ1) is 28.1. The molecule has 7 aromatic carbocycles. The largest absolute Gasteiger partial charge is 0.308 e. The van der Waals surface area contributed by atoms with E-state index in [1.807, 2.05) is 140 Å². The Morgan fingerprint density at radius 3 is 1.51 bits per heavy atom. The molecule has 0 saturated heterocycles. The fourth-order valence-electron chi connectivity index (χ4n) is 7.53.